The van der Waals surface area contributed by atoms with Crippen LogP contribution in [0.2, 0.25) is 5.15 Å². The van der Waals surface area contributed by atoms with E-state index in [1.165, 1.54) is 0 Å². The number of amides is 2. The first-order valence-corrected chi connectivity index (χ1v) is 7.37. The number of nitrogens with zero attached hydrogens (tertiary/aromatic N) is 2. The molecule has 1 heterocycles. The molecule has 0 aliphatic carbocycles. The quantitative estimate of drug-likeness (QED) is 0.835. The monoisotopic (exact) mass is 319 g/mol. The van der Waals surface area contributed by atoms with E-state index >= 15 is 0 Å². The zero-order valence-corrected chi connectivity index (χ0v) is 13.2. The summed E-state index contributed by atoms with van der Waals surface area (Å²) in [5.41, 5.74) is 1.32. The SMILES string of the molecule is CCN(C(=O)Nc1cccnc1Cl)C(C)c1cccc(O)c1. The zero-order valence-electron chi connectivity index (χ0n) is 12.5. The normalized spacial score (nSPS) is 11.8. The van der Waals surface area contributed by atoms with Crippen molar-refractivity contribution in [2.45, 2.75) is 19.9 Å². The van der Waals surface area contributed by atoms with Gasteiger partial charge in [-0.05, 0) is 43.7 Å². The summed E-state index contributed by atoms with van der Waals surface area (Å²) in [6.45, 7) is 4.31. The molecule has 0 aliphatic heterocycles. The number of rotatable bonds is 4. The highest BCUT2D eigenvalue weighted by Gasteiger charge is 2.21. The Morgan fingerprint density at radius 2 is 2.18 bits per heavy atom. The highest BCUT2D eigenvalue weighted by atomic mass is 35.5. The molecule has 22 heavy (non-hydrogen) atoms. The van der Waals surface area contributed by atoms with Gasteiger partial charge in [0.05, 0.1) is 11.7 Å². The van der Waals surface area contributed by atoms with Crippen LogP contribution in [0.15, 0.2) is 42.6 Å². The van der Waals surface area contributed by atoms with Gasteiger partial charge in [0.2, 0.25) is 0 Å². The number of aromatic hydroxyl groups is 1. The van der Waals surface area contributed by atoms with E-state index in [0.29, 0.717) is 12.2 Å². The molecule has 1 atom stereocenters. The number of hydrogen-bond donors (Lipinski definition) is 2. The summed E-state index contributed by atoms with van der Waals surface area (Å²) in [4.78, 5) is 18.0. The van der Waals surface area contributed by atoms with Crippen LogP contribution in [0.5, 0.6) is 5.75 Å². The largest absolute Gasteiger partial charge is 0.508 e. The Bertz CT molecular complexity index is 663. The Labute approximate surface area is 134 Å². The first-order valence-electron chi connectivity index (χ1n) is 7.00. The molecular formula is C16H18ClN3O2. The molecule has 2 amide bonds. The Morgan fingerprint density at radius 3 is 2.82 bits per heavy atom. The third kappa shape index (κ3) is 3.68. The van der Waals surface area contributed by atoms with Gasteiger partial charge in [-0.3, -0.25) is 0 Å². The molecule has 0 fully saturated rings. The Kier molecular flexibility index (Phi) is 5.22. The predicted octanol–water partition coefficient (Wildman–Crippen LogP) is 4.06. The maximum atomic E-state index is 12.5. The summed E-state index contributed by atoms with van der Waals surface area (Å²) in [6.07, 6.45) is 1.56. The number of carbonyl (C=O) groups excluding carboxylic acids is 1. The molecule has 0 saturated carbocycles. The molecule has 0 saturated heterocycles. The summed E-state index contributed by atoms with van der Waals surface area (Å²) in [5.74, 6) is 0.177. The van der Waals surface area contributed by atoms with Gasteiger partial charge >= 0.3 is 6.03 Å². The minimum atomic E-state index is -0.270. The third-order valence-corrected chi connectivity index (χ3v) is 3.72. The van der Waals surface area contributed by atoms with Crippen molar-refractivity contribution in [1.82, 2.24) is 9.88 Å². The number of urea groups is 1. The minimum absolute atomic E-state index is 0.177. The maximum absolute atomic E-state index is 12.5. The van der Waals surface area contributed by atoms with Crippen LogP contribution in [0.25, 0.3) is 0 Å². The van der Waals surface area contributed by atoms with Crippen LogP contribution in [-0.4, -0.2) is 27.6 Å². The fraction of sp³-hybridized carbons (Fsp3) is 0.250. The van der Waals surface area contributed by atoms with Crippen LogP contribution in [0.3, 0.4) is 0 Å². The van der Waals surface area contributed by atoms with Gasteiger partial charge in [0.1, 0.15) is 5.75 Å². The molecule has 1 unspecified atom stereocenters. The number of aromatic nitrogens is 1. The molecule has 2 N–H and O–H groups in total. The minimum Gasteiger partial charge on any atom is -0.508 e. The highest BCUT2D eigenvalue weighted by molar-refractivity contribution is 6.32. The van der Waals surface area contributed by atoms with Crippen molar-refractivity contribution in [3.63, 3.8) is 0 Å². The third-order valence-electron chi connectivity index (χ3n) is 3.42. The smallest absolute Gasteiger partial charge is 0.322 e. The number of pyridine rings is 1. The number of nitrogens with one attached hydrogen (secondary N) is 1. The Hall–Kier alpha value is -2.27. The number of phenolic OH excluding ortho intramolecular Hbond substituents is 1. The second-order valence-corrected chi connectivity index (χ2v) is 5.19. The van der Waals surface area contributed by atoms with Gasteiger partial charge in [0, 0.05) is 12.7 Å². The molecule has 0 radical (unpaired) electrons. The lowest BCUT2D eigenvalue weighted by Crippen LogP contribution is -2.37. The Balaban J connectivity index is 2.17. The van der Waals surface area contributed by atoms with Crippen LogP contribution in [-0.2, 0) is 0 Å². The molecule has 2 rings (SSSR count). The van der Waals surface area contributed by atoms with Gasteiger partial charge in [-0.25, -0.2) is 9.78 Å². The van der Waals surface area contributed by atoms with Crippen LogP contribution in [0.1, 0.15) is 25.5 Å². The fourth-order valence-electron chi connectivity index (χ4n) is 2.22. The van der Waals surface area contributed by atoms with Gasteiger partial charge in [-0.2, -0.15) is 0 Å². The number of anilines is 1. The summed E-state index contributed by atoms with van der Waals surface area (Å²) >= 11 is 5.96. The lowest BCUT2D eigenvalue weighted by molar-refractivity contribution is 0.197. The van der Waals surface area contributed by atoms with E-state index in [-0.39, 0.29) is 23.0 Å². The van der Waals surface area contributed by atoms with E-state index in [9.17, 15) is 9.90 Å². The molecule has 116 valence electrons. The molecule has 0 bridgehead atoms. The van der Waals surface area contributed by atoms with Crippen molar-refractivity contribution in [2.24, 2.45) is 0 Å². The number of halogens is 1. The first-order chi connectivity index (χ1) is 10.5. The molecule has 0 aliphatic rings. The van der Waals surface area contributed by atoms with Crippen LogP contribution >= 0.6 is 11.6 Å². The van der Waals surface area contributed by atoms with Crippen molar-refractivity contribution in [2.75, 3.05) is 11.9 Å². The van der Waals surface area contributed by atoms with Crippen LogP contribution in [0.4, 0.5) is 10.5 Å². The molecular weight excluding hydrogens is 302 g/mol. The molecule has 5 nitrogen and oxygen atoms in total. The Morgan fingerprint density at radius 1 is 1.41 bits per heavy atom. The second-order valence-electron chi connectivity index (χ2n) is 4.83. The van der Waals surface area contributed by atoms with Crippen molar-refractivity contribution < 1.29 is 9.90 Å². The van der Waals surface area contributed by atoms with E-state index in [0.717, 1.165) is 5.56 Å². The van der Waals surface area contributed by atoms with E-state index in [1.54, 1.807) is 41.4 Å². The zero-order chi connectivity index (χ0) is 16.1. The number of phenols is 1. The van der Waals surface area contributed by atoms with Gasteiger partial charge in [0.25, 0.3) is 0 Å². The van der Waals surface area contributed by atoms with E-state index < -0.39 is 0 Å². The van der Waals surface area contributed by atoms with Gasteiger partial charge in [-0.1, -0.05) is 23.7 Å². The second kappa shape index (κ2) is 7.13. The number of carbonyl (C=O) groups is 1. The van der Waals surface area contributed by atoms with Crippen molar-refractivity contribution in [3.05, 3.63) is 53.3 Å². The molecule has 1 aromatic heterocycles. The average Bonchev–Trinajstić information content (AvgIpc) is 2.50. The molecule has 0 spiro atoms. The standard InChI is InChI=1S/C16H18ClN3O2/c1-3-20(11(2)12-6-4-7-13(21)10-12)16(22)19-14-8-5-9-18-15(14)17/h4-11,21H,3H2,1-2H3,(H,19,22). The predicted molar refractivity (Wildman–Crippen MR) is 87.2 cm³/mol. The van der Waals surface area contributed by atoms with E-state index in [1.807, 2.05) is 19.9 Å². The van der Waals surface area contributed by atoms with Crippen molar-refractivity contribution in [3.8, 4) is 5.75 Å². The topological polar surface area (TPSA) is 65.5 Å². The lowest BCUT2D eigenvalue weighted by atomic mass is 10.1. The van der Waals surface area contributed by atoms with E-state index in [2.05, 4.69) is 10.3 Å². The first kappa shape index (κ1) is 16.1. The van der Waals surface area contributed by atoms with Crippen LogP contribution < -0.4 is 5.32 Å². The molecule has 1 aromatic carbocycles. The van der Waals surface area contributed by atoms with E-state index in [4.69, 9.17) is 11.6 Å². The fourth-order valence-corrected chi connectivity index (χ4v) is 2.39. The summed E-state index contributed by atoms with van der Waals surface area (Å²) in [6, 6.07) is 9.82. The average molecular weight is 320 g/mol. The van der Waals surface area contributed by atoms with Crippen molar-refractivity contribution >= 4 is 23.3 Å². The van der Waals surface area contributed by atoms with Gasteiger partial charge < -0.3 is 15.3 Å². The summed E-state index contributed by atoms with van der Waals surface area (Å²) in [7, 11) is 0. The van der Waals surface area contributed by atoms with Crippen LogP contribution in [0, 0.1) is 0 Å². The summed E-state index contributed by atoms with van der Waals surface area (Å²) in [5, 5.41) is 12.6. The van der Waals surface area contributed by atoms with Gasteiger partial charge in [-0.15, -0.1) is 0 Å². The van der Waals surface area contributed by atoms with Crippen molar-refractivity contribution in [1.29, 1.82) is 0 Å². The highest BCUT2D eigenvalue weighted by Crippen LogP contribution is 2.25. The lowest BCUT2D eigenvalue weighted by Gasteiger charge is -2.28. The maximum Gasteiger partial charge on any atom is 0.322 e. The number of benzene rings is 1. The van der Waals surface area contributed by atoms with Gasteiger partial charge in [0.15, 0.2) is 5.15 Å². The molecule has 2 aromatic rings. The molecule has 6 heteroatoms. The number of hydrogen-bond acceptors (Lipinski definition) is 3. The summed E-state index contributed by atoms with van der Waals surface area (Å²) < 4.78 is 0.